The number of anilines is 3. The van der Waals surface area contributed by atoms with Gasteiger partial charge in [0.25, 0.3) is 0 Å². The van der Waals surface area contributed by atoms with Gasteiger partial charge in [-0.05, 0) is 77.2 Å². The summed E-state index contributed by atoms with van der Waals surface area (Å²) < 4.78 is 5.16. The quantitative estimate of drug-likeness (QED) is 0.183. The van der Waals surface area contributed by atoms with Crippen molar-refractivity contribution < 1.29 is 0 Å². The van der Waals surface area contributed by atoms with Crippen LogP contribution in [0.1, 0.15) is 0 Å². The minimum atomic E-state index is 0.626. The molecule has 0 unspecified atom stereocenters. The molecule has 45 heavy (non-hydrogen) atoms. The van der Waals surface area contributed by atoms with E-state index in [1.807, 2.05) is 34.8 Å². The topological polar surface area (TPSA) is 3.24 Å². The van der Waals surface area contributed by atoms with Gasteiger partial charge in [-0.25, -0.2) is 0 Å². The maximum absolute atomic E-state index is 6.46. The van der Waals surface area contributed by atoms with E-state index >= 15 is 0 Å². The summed E-state index contributed by atoms with van der Waals surface area (Å²) in [6, 6.07) is 49.9. The lowest BCUT2D eigenvalue weighted by Crippen LogP contribution is -2.10. The molecular formula is C40H23Cl2NS2. The molecule has 5 heteroatoms. The van der Waals surface area contributed by atoms with Gasteiger partial charge in [0.15, 0.2) is 0 Å². The van der Waals surface area contributed by atoms with E-state index in [4.69, 9.17) is 23.2 Å². The molecule has 9 aromatic rings. The van der Waals surface area contributed by atoms with E-state index in [9.17, 15) is 0 Å². The van der Waals surface area contributed by atoms with Gasteiger partial charge in [0.2, 0.25) is 0 Å². The van der Waals surface area contributed by atoms with Crippen LogP contribution in [-0.4, -0.2) is 0 Å². The van der Waals surface area contributed by atoms with Crippen molar-refractivity contribution in [3.05, 3.63) is 150 Å². The fraction of sp³-hybridized carbons (Fsp3) is 0. The van der Waals surface area contributed by atoms with Crippen molar-refractivity contribution in [3.8, 4) is 11.1 Å². The molecule has 0 atom stereocenters. The first kappa shape index (κ1) is 27.0. The number of fused-ring (bicyclic) bond motifs is 7. The smallest absolute Gasteiger partial charge is 0.0540 e. The van der Waals surface area contributed by atoms with Gasteiger partial charge in [-0.3, -0.25) is 0 Å². The number of hydrogen-bond acceptors (Lipinski definition) is 3. The number of benzene rings is 7. The molecule has 0 aliphatic carbocycles. The van der Waals surface area contributed by atoms with Crippen LogP contribution in [0.3, 0.4) is 0 Å². The van der Waals surface area contributed by atoms with Crippen LogP contribution in [-0.2, 0) is 0 Å². The lowest BCUT2D eigenvalue weighted by atomic mass is 9.96. The fourth-order valence-corrected chi connectivity index (χ4v) is 9.38. The largest absolute Gasteiger partial charge is 0.310 e. The van der Waals surface area contributed by atoms with Gasteiger partial charge in [-0.1, -0.05) is 102 Å². The van der Waals surface area contributed by atoms with Crippen LogP contribution in [0.25, 0.3) is 62.2 Å². The second kappa shape index (κ2) is 10.6. The van der Waals surface area contributed by atoms with Crippen molar-refractivity contribution in [2.24, 2.45) is 0 Å². The lowest BCUT2D eigenvalue weighted by molar-refractivity contribution is 1.31. The van der Waals surface area contributed by atoms with Crippen LogP contribution < -0.4 is 4.90 Å². The molecule has 0 aliphatic rings. The summed E-state index contributed by atoms with van der Waals surface area (Å²) in [5.41, 5.74) is 5.46. The van der Waals surface area contributed by atoms with E-state index < -0.39 is 0 Å². The second-order valence-corrected chi connectivity index (χ2v) is 14.3. The third-order valence-electron chi connectivity index (χ3n) is 8.56. The van der Waals surface area contributed by atoms with Gasteiger partial charge in [0.1, 0.15) is 0 Å². The Balaban J connectivity index is 1.31. The maximum atomic E-state index is 6.46. The molecule has 7 aromatic carbocycles. The molecule has 9 rings (SSSR count). The molecule has 0 spiro atoms. The highest BCUT2D eigenvalue weighted by molar-refractivity contribution is 7.26. The third kappa shape index (κ3) is 4.50. The first-order valence-electron chi connectivity index (χ1n) is 14.7. The van der Waals surface area contributed by atoms with Gasteiger partial charge in [-0.2, -0.15) is 0 Å². The molecular weight excluding hydrogens is 629 g/mol. The standard InChI is InChI=1S/C40H23Cl2NS2/c41-25-19-24(20-26(42)21-25)29-17-18-36(31-8-2-1-7-30(29)31)43(27-13-15-34-32-9-3-5-11-37(32)44-39(34)22-27)28-14-16-35-33-10-4-6-12-38(33)45-40(35)23-28/h1-23H. The predicted octanol–water partition coefficient (Wildman–Crippen LogP) is 14.0. The summed E-state index contributed by atoms with van der Waals surface area (Å²) in [6.07, 6.45) is 0. The fourth-order valence-electron chi connectivity index (χ4n) is 6.57. The number of rotatable bonds is 4. The molecule has 0 fully saturated rings. The molecule has 1 nitrogen and oxygen atoms in total. The molecule has 0 bridgehead atoms. The summed E-state index contributed by atoms with van der Waals surface area (Å²) in [7, 11) is 0. The first-order valence-corrected chi connectivity index (χ1v) is 17.1. The SMILES string of the molecule is Clc1cc(Cl)cc(-c2ccc(N(c3ccc4c(c3)sc3ccccc34)c3ccc4c(c3)sc3ccccc34)c3ccccc23)c1. The van der Waals surface area contributed by atoms with E-state index in [2.05, 4.69) is 126 Å². The average molecular weight is 653 g/mol. The Hall–Kier alpha value is -4.38. The van der Waals surface area contributed by atoms with Crippen molar-refractivity contribution in [3.63, 3.8) is 0 Å². The Morgan fingerprint density at radius 2 is 0.889 bits per heavy atom. The maximum Gasteiger partial charge on any atom is 0.0540 e. The second-order valence-electron chi connectivity index (χ2n) is 11.2. The Kier molecular flexibility index (Phi) is 6.36. The molecule has 0 amide bonds. The van der Waals surface area contributed by atoms with Crippen LogP contribution in [0, 0.1) is 0 Å². The number of nitrogens with zero attached hydrogens (tertiary/aromatic N) is 1. The van der Waals surface area contributed by atoms with E-state index in [0.29, 0.717) is 10.0 Å². The van der Waals surface area contributed by atoms with E-state index in [0.717, 1.165) is 39.0 Å². The molecule has 0 radical (unpaired) electrons. The lowest BCUT2D eigenvalue weighted by Gasteiger charge is -2.28. The Morgan fingerprint density at radius 3 is 1.47 bits per heavy atom. The minimum absolute atomic E-state index is 0.626. The van der Waals surface area contributed by atoms with Gasteiger partial charge in [0.05, 0.1) is 5.69 Å². The van der Waals surface area contributed by atoms with Crippen molar-refractivity contribution in [2.75, 3.05) is 4.90 Å². The monoisotopic (exact) mass is 651 g/mol. The Morgan fingerprint density at radius 1 is 0.400 bits per heavy atom. The average Bonchev–Trinajstić information content (AvgIpc) is 3.62. The predicted molar refractivity (Wildman–Crippen MR) is 200 cm³/mol. The van der Waals surface area contributed by atoms with Crippen LogP contribution in [0.5, 0.6) is 0 Å². The molecule has 0 N–H and O–H groups in total. The van der Waals surface area contributed by atoms with Crippen molar-refractivity contribution in [1.29, 1.82) is 0 Å². The van der Waals surface area contributed by atoms with Crippen LogP contribution in [0.2, 0.25) is 10.0 Å². The Labute approximate surface area is 278 Å². The van der Waals surface area contributed by atoms with E-state index in [-0.39, 0.29) is 0 Å². The van der Waals surface area contributed by atoms with Crippen LogP contribution in [0.4, 0.5) is 17.1 Å². The van der Waals surface area contributed by atoms with Crippen LogP contribution in [0.15, 0.2) is 140 Å². The summed E-state index contributed by atoms with van der Waals surface area (Å²) in [5, 5.41) is 8.73. The molecule has 214 valence electrons. The number of hydrogen-bond donors (Lipinski definition) is 0. The summed E-state index contributed by atoms with van der Waals surface area (Å²) in [5.74, 6) is 0. The van der Waals surface area contributed by atoms with E-state index in [1.165, 1.54) is 40.3 Å². The highest BCUT2D eigenvalue weighted by Crippen LogP contribution is 2.46. The molecule has 2 heterocycles. The zero-order valence-electron chi connectivity index (χ0n) is 23.8. The van der Waals surface area contributed by atoms with Gasteiger partial charge in [0, 0.05) is 67.2 Å². The van der Waals surface area contributed by atoms with Gasteiger partial charge >= 0.3 is 0 Å². The summed E-state index contributed by atoms with van der Waals surface area (Å²) in [4.78, 5) is 2.41. The van der Waals surface area contributed by atoms with Crippen LogP contribution >= 0.6 is 45.9 Å². The summed E-state index contributed by atoms with van der Waals surface area (Å²) >= 11 is 16.6. The van der Waals surface area contributed by atoms with Crippen molar-refractivity contribution in [2.45, 2.75) is 0 Å². The van der Waals surface area contributed by atoms with Gasteiger partial charge < -0.3 is 4.90 Å². The van der Waals surface area contributed by atoms with Crippen molar-refractivity contribution >= 4 is 114 Å². The third-order valence-corrected chi connectivity index (χ3v) is 11.3. The highest BCUT2D eigenvalue weighted by Gasteiger charge is 2.20. The number of thiophene rings is 2. The zero-order valence-corrected chi connectivity index (χ0v) is 26.9. The van der Waals surface area contributed by atoms with Gasteiger partial charge in [-0.15, -0.1) is 22.7 Å². The zero-order chi connectivity index (χ0) is 30.1. The molecule has 0 saturated heterocycles. The van der Waals surface area contributed by atoms with Crippen molar-refractivity contribution in [1.82, 2.24) is 0 Å². The Bertz CT molecular complexity index is 2460. The minimum Gasteiger partial charge on any atom is -0.310 e. The molecule has 0 aliphatic heterocycles. The summed E-state index contributed by atoms with van der Waals surface area (Å²) in [6.45, 7) is 0. The highest BCUT2D eigenvalue weighted by atomic mass is 35.5. The number of halogens is 2. The molecule has 0 saturated carbocycles. The first-order chi connectivity index (χ1) is 22.1. The normalized spacial score (nSPS) is 11.8. The van der Waals surface area contributed by atoms with E-state index in [1.54, 1.807) is 6.07 Å². The molecule has 2 aromatic heterocycles.